The third kappa shape index (κ3) is 4.63. The van der Waals surface area contributed by atoms with Crippen molar-refractivity contribution in [2.75, 3.05) is 19.8 Å². The van der Waals surface area contributed by atoms with Gasteiger partial charge in [0.1, 0.15) is 5.54 Å². The molecule has 118 valence electrons. The number of likely N-dealkylation sites (N-methyl/N-ethyl adjacent to an activating group) is 1. The Labute approximate surface area is 116 Å². The maximum absolute atomic E-state index is 11.9. The van der Waals surface area contributed by atoms with Gasteiger partial charge in [0.2, 0.25) is 0 Å². The number of alkyl halides is 3. The van der Waals surface area contributed by atoms with Gasteiger partial charge in [-0.15, -0.1) is 0 Å². The Morgan fingerprint density at radius 1 is 1.45 bits per heavy atom. The van der Waals surface area contributed by atoms with Gasteiger partial charge in [-0.25, -0.2) is 0 Å². The maximum Gasteiger partial charge on any atom is 0.391 e. The van der Waals surface area contributed by atoms with Crippen molar-refractivity contribution in [2.45, 2.75) is 50.7 Å². The highest BCUT2D eigenvalue weighted by Gasteiger charge is 2.48. The summed E-state index contributed by atoms with van der Waals surface area (Å²) in [5.41, 5.74) is -0.942. The summed E-state index contributed by atoms with van der Waals surface area (Å²) in [6.07, 6.45) is -2.56. The molecule has 0 saturated heterocycles. The van der Waals surface area contributed by atoms with Gasteiger partial charge < -0.3 is 15.2 Å². The molecule has 0 aliphatic heterocycles. The van der Waals surface area contributed by atoms with Crippen molar-refractivity contribution in [2.24, 2.45) is 5.92 Å². The number of aliphatic carboxylic acids is 1. The predicted octanol–water partition coefficient (Wildman–Crippen LogP) is 2.58. The van der Waals surface area contributed by atoms with E-state index in [0.29, 0.717) is 19.4 Å². The van der Waals surface area contributed by atoms with Crippen molar-refractivity contribution in [1.82, 2.24) is 5.32 Å². The highest BCUT2D eigenvalue weighted by Crippen LogP contribution is 2.38. The van der Waals surface area contributed by atoms with E-state index in [1.165, 1.54) is 0 Å². The van der Waals surface area contributed by atoms with Crippen molar-refractivity contribution < 1.29 is 27.8 Å². The Morgan fingerprint density at radius 2 is 2.15 bits per heavy atom. The van der Waals surface area contributed by atoms with Gasteiger partial charge in [-0.2, -0.15) is 13.2 Å². The zero-order chi connectivity index (χ0) is 15.2. The summed E-state index contributed by atoms with van der Waals surface area (Å²) in [6.45, 7) is 2.20. The number of hydrogen-bond acceptors (Lipinski definition) is 3. The van der Waals surface area contributed by atoms with Crippen LogP contribution in [0.2, 0.25) is 0 Å². The molecule has 20 heavy (non-hydrogen) atoms. The van der Waals surface area contributed by atoms with Crippen LogP contribution in [0.5, 0.6) is 0 Å². The number of hydrogen-bond donors (Lipinski definition) is 2. The fourth-order valence-electron chi connectivity index (χ4n) is 2.89. The Balaban J connectivity index is 2.40. The normalized spacial score (nSPS) is 26.9. The summed E-state index contributed by atoms with van der Waals surface area (Å²) >= 11 is 0. The number of rotatable bonds is 8. The molecule has 1 fully saturated rings. The third-order valence-electron chi connectivity index (χ3n) is 3.84. The smallest absolute Gasteiger partial charge is 0.391 e. The predicted molar refractivity (Wildman–Crippen MR) is 67.5 cm³/mol. The van der Waals surface area contributed by atoms with Crippen molar-refractivity contribution >= 4 is 5.97 Å². The number of carboxylic acid groups (broad SMARTS) is 1. The van der Waals surface area contributed by atoms with Crippen molar-refractivity contribution in [3.63, 3.8) is 0 Å². The van der Waals surface area contributed by atoms with E-state index in [-0.39, 0.29) is 19.1 Å². The molecule has 1 rings (SSSR count). The molecular weight excluding hydrogens is 275 g/mol. The maximum atomic E-state index is 11.9. The molecule has 0 radical (unpaired) electrons. The van der Waals surface area contributed by atoms with Crippen LogP contribution >= 0.6 is 0 Å². The molecule has 0 spiro atoms. The van der Waals surface area contributed by atoms with Gasteiger partial charge in [0.15, 0.2) is 0 Å². The van der Waals surface area contributed by atoms with E-state index in [1.54, 1.807) is 0 Å². The minimum absolute atomic E-state index is 0.0918. The standard InChI is InChI=1S/C13H22F3NO3/c1-2-17-12(11(18)19)6-3-4-10(12)5-8-20-9-7-13(14,15)16/h10,17H,2-9H2,1H3,(H,18,19). The van der Waals surface area contributed by atoms with Gasteiger partial charge >= 0.3 is 12.1 Å². The van der Waals surface area contributed by atoms with E-state index in [4.69, 9.17) is 4.74 Å². The average molecular weight is 297 g/mol. The van der Waals surface area contributed by atoms with Gasteiger partial charge in [0.25, 0.3) is 0 Å². The van der Waals surface area contributed by atoms with Crippen LogP contribution in [0.3, 0.4) is 0 Å². The van der Waals surface area contributed by atoms with Gasteiger partial charge in [0, 0.05) is 6.61 Å². The Hall–Kier alpha value is -0.820. The zero-order valence-corrected chi connectivity index (χ0v) is 11.6. The quantitative estimate of drug-likeness (QED) is 0.676. The lowest BCUT2D eigenvalue weighted by Crippen LogP contribution is -2.54. The molecule has 0 bridgehead atoms. The van der Waals surface area contributed by atoms with Crippen molar-refractivity contribution in [3.8, 4) is 0 Å². The molecule has 0 amide bonds. The first kappa shape index (κ1) is 17.2. The van der Waals surface area contributed by atoms with Crippen LogP contribution in [-0.2, 0) is 9.53 Å². The third-order valence-corrected chi connectivity index (χ3v) is 3.84. The lowest BCUT2D eigenvalue weighted by molar-refractivity contribution is -0.147. The highest BCUT2D eigenvalue weighted by molar-refractivity contribution is 5.79. The van der Waals surface area contributed by atoms with Crippen LogP contribution in [-0.4, -0.2) is 42.5 Å². The minimum atomic E-state index is -4.21. The van der Waals surface area contributed by atoms with E-state index >= 15 is 0 Å². The number of halogens is 3. The molecule has 0 aromatic rings. The summed E-state index contributed by atoms with van der Waals surface area (Å²) in [5.74, 6) is -0.969. The van der Waals surface area contributed by atoms with Crippen molar-refractivity contribution in [3.05, 3.63) is 0 Å². The van der Waals surface area contributed by atoms with Crippen LogP contribution in [0, 0.1) is 5.92 Å². The molecule has 0 heterocycles. The molecule has 0 aromatic heterocycles. The SMILES string of the molecule is CCNC1(C(=O)O)CCCC1CCOCCC(F)(F)F. The number of carbonyl (C=O) groups is 1. The van der Waals surface area contributed by atoms with Gasteiger partial charge in [-0.05, 0) is 31.7 Å². The van der Waals surface area contributed by atoms with E-state index in [2.05, 4.69) is 5.32 Å². The molecule has 1 saturated carbocycles. The molecule has 4 nitrogen and oxygen atoms in total. The van der Waals surface area contributed by atoms with Crippen LogP contribution in [0.25, 0.3) is 0 Å². The summed E-state index contributed by atoms with van der Waals surface area (Å²) in [6, 6.07) is 0. The first-order valence-corrected chi connectivity index (χ1v) is 6.94. The van der Waals surface area contributed by atoms with Crippen LogP contribution in [0.15, 0.2) is 0 Å². The molecule has 2 N–H and O–H groups in total. The molecule has 1 aliphatic carbocycles. The largest absolute Gasteiger partial charge is 0.480 e. The monoisotopic (exact) mass is 297 g/mol. The number of nitrogens with one attached hydrogen (secondary N) is 1. The Kier molecular flexibility index (Phi) is 6.26. The zero-order valence-electron chi connectivity index (χ0n) is 11.6. The lowest BCUT2D eigenvalue weighted by atomic mass is 9.84. The van der Waals surface area contributed by atoms with E-state index in [0.717, 1.165) is 12.8 Å². The molecule has 2 unspecified atom stereocenters. The molecule has 1 aliphatic rings. The molecular formula is C13H22F3NO3. The van der Waals surface area contributed by atoms with Crippen molar-refractivity contribution in [1.29, 1.82) is 0 Å². The second-order valence-corrected chi connectivity index (χ2v) is 5.16. The van der Waals surface area contributed by atoms with Gasteiger partial charge in [0.05, 0.1) is 13.0 Å². The summed E-state index contributed by atoms with van der Waals surface area (Å²) in [7, 11) is 0. The average Bonchev–Trinajstić information content (AvgIpc) is 2.72. The van der Waals surface area contributed by atoms with E-state index < -0.39 is 24.1 Å². The fourth-order valence-corrected chi connectivity index (χ4v) is 2.89. The Bertz CT molecular complexity index is 322. The number of carboxylic acids is 1. The lowest BCUT2D eigenvalue weighted by Gasteiger charge is -2.32. The molecule has 7 heteroatoms. The first-order chi connectivity index (χ1) is 9.32. The minimum Gasteiger partial charge on any atom is -0.480 e. The number of ether oxygens (including phenoxy) is 1. The van der Waals surface area contributed by atoms with E-state index in [9.17, 15) is 23.1 Å². The second-order valence-electron chi connectivity index (χ2n) is 5.16. The Morgan fingerprint density at radius 3 is 2.70 bits per heavy atom. The second kappa shape index (κ2) is 7.26. The fraction of sp³-hybridized carbons (Fsp3) is 0.923. The van der Waals surface area contributed by atoms with Crippen LogP contribution in [0.1, 0.15) is 39.0 Å². The molecule has 2 atom stereocenters. The van der Waals surface area contributed by atoms with Crippen LogP contribution in [0.4, 0.5) is 13.2 Å². The van der Waals surface area contributed by atoms with E-state index in [1.807, 2.05) is 6.92 Å². The first-order valence-electron chi connectivity index (χ1n) is 6.94. The summed E-state index contributed by atoms with van der Waals surface area (Å²) in [4.78, 5) is 11.5. The summed E-state index contributed by atoms with van der Waals surface area (Å²) in [5, 5.41) is 12.5. The van der Waals surface area contributed by atoms with Crippen LogP contribution < -0.4 is 5.32 Å². The van der Waals surface area contributed by atoms with Gasteiger partial charge in [-0.3, -0.25) is 4.79 Å². The topological polar surface area (TPSA) is 58.6 Å². The summed E-state index contributed by atoms with van der Waals surface area (Å²) < 4.78 is 40.8. The molecule has 0 aromatic carbocycles. The highest BCUT2D eigenvalue weighted by atomic mass is 19.4. The van der Waals surface area contributed by atoms with Gasteiger partial charge in [-0.1, -0.05) is 13.3 Å².